The van der Waals surface area contributed by atoms with E-state index in [2.05, 4.69) is 10.5 Å². The smallest absolute Gasteiger partial charge is 0.338 e. The zero-order valence-electron chi connectivity index (χ0n) is 15.3. The SMILES string of the molecule is CCOC(=O)c1ccc(OCC(=O)NN=Cc2ccccc2OCC)cc1. The molecule has 0 fully saturated rings. The van der Waals surface area contributed by atoms with Crippen LogP contribution >= 0.6 is 0 Å². The third-order valence-electron chi connectivity index (χ3n) is 3.35. The van der Waals surface area contributed by atoms with Gasteiger partial charge in [-0.05, 0) is 50.2 Å². The van der Waals surface area contributed by atoms with Gasteiger partial charge in [-0.15, -0.1) is 0 Å². The maximum absolute atomic E-state index is 11.8. The Bertz CT molecular complexity index is 787. The second-order valence-corrected chi connectivity index (χ2v) is 5.30. The lowest BCUT2D eigenvalue weighted by Crippen LogP contribution is -2.24. The van der Waals surface area contributed by atoms with Crippen molar-refractivity contribution in [1.29, 1.82) is 0 Å². The number of rotatable bonds is 9. The summed E-state index contributed by atoms with van der Waals surface area (Å²) in [6, 6.07) is 13.7. The van der Waals surface area contributed by atoms with E-state index in [0.717, 1.165) is 5.56 Å². The highest BCUT2D eigenvalue weighted by Crippen LogP contribution is 2.15. The number of amides is 1. The fourth-order valence-electron chi connectivity index (χ4n) is 2.13. The lowest BCUT2D eigenvalue weighted by atomic mass is 10.2. The van der Waals surface area contributed by atoms with Crippen LogP contribution in [0.5, 0.6) is 11.5 Å². The molecule has 0 atom stereocenters. The van der Waals surface area contributed by atoms with Gasteiger partial charge in [-0.25, -0.2) is 10.2 Å². The molecule has 2 aromatic rings. The molecule has 0 spiro atoms. The van der Waals surface area contributed by atoms with Crippen molar-refractivity contribution in [2.24, 2.45) is 5.10 Å². The number of esters is 1. The van der Waals surface area contributed by atoms with Gasteiger partial charge in [0, 0.05) is 5.56 Å². The Labute approximate surface area is 157 Å². The van der Waals surface area contributed by atoms with Crippen molar-refractivity contribution in [3.05, 3.63) is 59.7 Å². The van der Waals surface area contributed by atoms with Crippen LogP contribution in [0.15, 0.2) is 53.6 Å². The van der Waals surface area contributed by atoms with Crippen molar-refractivity contribution in [1.82, 2.24) is 5.43 Å². The van der Waals surface area contributed by atoms with Crippen molar-refractivity contribution < 1.29 is 23.8 Å². The van der Waals surface area contributed by atoms with Crippen LogP contribution in [-0.2, 0) is 9.53 Å². The van der Waals surface area contributed by atoms with Crippen LogP contribution in [-0.4, -0.2) is 37.9 Å². The number of carbonyl (C=O) groups excluding carboxylic acids is 2. The van der Waals surface area contributed by atoms with Gasteiger partial charge in [0.1, 0.15) is 11.5 Å². The Morgan fingerprint density at radius 3 is 2.44 bits per heavy atom. The molecule has 0 heterocycles. The predicted octanol–water partition coefficient (Wildman–Crippen LogP) is 2.79. The largest absolute Gasteiger partial charge is 0.493 e. The molecule has 0 aliphatic carbocycles. The zero-order chi connectivity index (χ0) is 19.5. The molecular weight excluding hydrogens is 348 g/mol. The first-order valence-corrected chi connectivity index (χ1v) is 8.57. The number of benzene rings is 2. The summed E-state index contributed by atoms with van der Waals surface area (Å²) in [5, 5.41) is 3.91. The molecule has 7 nitrogen and oxygen atoms in total. The fourth-order valence-corrected chi connectivity index (χ4v) is 2.13. The highest BCUT2D eigenvalue weighted by atomic mass is 16.5. The molecule has 0 radical (unpaired) electrons. The molecule has 1 N–H and O–H groups in total. The molecule has 0 aliphatic rings. The van der Waals surface area contributed by atoms with Crippen LogP contribution in [0.2, 0.25) is 0 Å². The molecule has 7 heteroatoms. The lowest BCUT2D eigenvalue weighted by Gasteiger charge is -2.07. The van der Waals surface area contributed by atoms with Crippen molar-refractivity contribution >= 4 is 18.1 Å². The highest BCUT2D eigenvalue weighted by Gasteiger charge is 2.07. The first kappa shape index (κ1) is 20.0. The number of hydrogen-bond donors (Lipinski definition) is 1. The van der Waals surface area contributed by atoms with Gasteiger partial charge in [-0.1, -0.05) is 12.1 Å². The molecule has 2 aromatic carbocycles. The minimum atomic E-state index is -0.408. The zero-order valence-corrected chi connectivity index (χ0v) is 15.3. The van der Waals surface area contributed by atoms with Crippen molar-refractivity contribution in [3.8, 4) is 11.5 Å². The Hall–Kier alpha value is -3.35. The number of carbonyl (C=O) groups is 2. The van der Waals surface area contributed by atoms with E-state index >= 15 is 0 Å². The van der Waals surface area contributed by atoms with Crippen LogP contribution in [0.4, 0.5) is 0 Å². The van der Waals surface area contributed by atoms with Crippen molar-refractivity contribution in [2.45, 2.75) is 13.8 Å². The van der Waals surface area contributed by atoms with Crippen LogP contribution < -0.4 is 14.9 Å². The van der Waals surface area contributed by atoms with Crippen LogP contribution in [0, 0.1) is 0 Å². The average Bonchev–Trinajstić information content (AvgIpc) is 2.68. The van der Waals surface area contributed by atoms with Crippen molar-refractivity contribution in [2.75, 3.05) is 19.8 Å². The average molecular weight is 370 g/mol. The Morgan fingerprint density at radius 2 is 1.74 bits per heavy atom. The van der Waals surface area contributed by atoms with Gasteiger partial charge in [0.15, 0.2) is 6.61 Å². The van der Waals surface area contributed by atoms with E-state index in [1.807, 2.05) is 31.2 Å². The fraction of sp³-hybridized carbons (Fsp3) is 0.250. The molecule has 1 amide bonds. The van der Waals surface area contributed by atoms with E-state index in [9.17, 15) is 9.59 Å². The summed E-state index contributed by atoms with van der Waals surface area (Å²) in [7, 11) is 0. The van der Waals surface area contributed by atoms with Gasteiger partial charge < -0.3 is 14.2 Å². The van der Waals surface area contributed by atoms with Gasteiger partial charge in [0.2, 0.25) is 0 Å². The van der Waals surface area contributed by atoms with E-state index in [1.165, 1.54) is 6.21 Å². The highest BCUT2D eigenvalue weighted by molar-refractivity contribution is 5.89. The van der Waals surface area contributed by atoms with Gasteiger partial charge in [0.05, 0.1) is 25.0 Å². The molecule has 0 aliphatic heterocycles. The van der Waals surface area contributed by atoms with Gasteiger partial charge in [-0.3, -0.25) is 4.79 Å². The van der Waals surface area contributed by atoms with E-state index < -0.39 is 11.9 Å². The minimum Gasteiger partial charge on any atom is -0.493 e. The molecule has 0 saturated heterocycles. The lowest BCUT2D eigenvalue weighted by molar-refractivity contribution is -0.123. The van der Waals surface area contributed by atoms with Gasteiger partial charge in [0.25, 0.3) is 5.91 Å². The Kier molecular flexibility index (Phi) is 7.84. The quantitative estimate of drug-likeness (QED) is 0.417. The first-order chi connectivity index (χ1) is 13.1. The molecule has 142 valence electrons. The van der Waals surface area contributed by atoms with Crippen molar-refractivity contribution in [3.63, 3.8) is 0 Å². The molecule has 0 aromatic heterocycles. The number of nitrogens with zero attached hydrogens (tertiary/aromatic N) is 1. The maximum atomic E-state index is 11.8. The molecule has 0 bridgehead atoms. The first-order valence-electron chi connectivity index (χ1n) is 8.57. The summed E-state index contributed by atoms with van der Waals surface area (Å²) in [5.41, 5.74) is 3.57. The van der Waals surface area contributed by atoms with Crippen LogP contribution in [0.1, 0.15) is 29.8 Å². The number of para-hydroxylation sites is 1. The maximum Gasteiger partial charge on any atom is 0.338 e. The Balaban J connectivity index is 1.82. The monoisotopic (exact) mass is 370 g/mol. The summed E-state index contributed by atoms with van der Waals surface area (Å²) < 4.78 is 15.7. The summed E-state index contributed by atoms with van der Waals surface area (Å²) in [5.74, 6) is 0.345. The summed E-state index contributed by atoms with van der Waals surface area (Å²) in [6.45, 7) is 4.29. The topological polar surface area (TPSA) is 86.2 Å². The standard InChI is InChI=1S/C20H22N2O5/c1-3-25-18-8-6-5-7-16(18)13-21-22-19(23)14-27-17-11-9-15(10-12-17)20(24)26-4-2/h5-13H,3-4,14H2,1-2H3,(H,22,23). The van der Waals surface area contributed by atoms with E-state index in [-0.39, 0.29) is 6.61 Å². The molecule has 0 saturated carbocycles. The third-order valence-corrected chi connectivity index (χ3v) is 3.35. The number of hydrogen-bond acceptors (Lipinski definition) is 6. The normalized spacial score (nSPS) is 10.4. The second kappa shape index (κ2) is 10.6. The minimum absolute atomic E-state index is 0.205. The van der Waals surface area contributed by atoms with E-state index in [1.54, 1.807) is 31.2 Å². The van der Waals surface area contributed by atoms with Crippen LogP contribution in [0.25, 0.3) is 0 Å². The predicted molar refractivity (Wildman–Crippen MR) is 101 cm³/mol. The van der Waals surface area contributed by atoms with E-state index in [4.69, 9.17) is 14.2 Å². The van der Waals surface area contributed by atoms with Gasteiger partial charge in [-0.2, -0.15) is 5.10 Å². The van der Waals surface area contributed by atoms with Crippen LogP contribution in [0.3, 0.4) is 0 Å². The molecule has 0 unspecified atom stereocenters. The Morgan fingerprint density at radius 1 is 1.00 bits per heavy atom. The molecule has 2 rings (SSSR count). The number of nitrogens with one attached hydrogen (secondary N) is 1. The molecule has 27 heavy (non-hydrogen) atoms. The second-order valence-electron chi connectivity index (χ2n) is 5.30. The van der Waals surface area contributed by atoms with E-state index in [0.29, 0.717) is 30.3 Å². The van der Waals surface area contributed by atoms with Gasteiger partial charge >= 0.3 is 5.97 Å². The molecular formula is C20H22N2O5. The summed E-state index contributed by atoms with van der Waals surface area (Å²) in [4.78, 5) is 23.4. The number of ether oxygens (including phenoxy) is 3. The summed E-state index contributed by atoms with van der Waals surface area (Å²) in [6.07, 6.45) is 1.51. The third kappa shape index (κ3) is 6.47. The summed E-state index contributed by atoms with van der Waals surface area (Å²) >= 11 is 0. The number of hydrazone groups is 1.